The lowest BCUT2D eigenvalue weighted by Crippen LogP contribution is -2.03. The molecule has 1 aromatic heterocycles. The fourth-order valence-corrected chi connectivity index (χ4v) is 1.68. The zero-order valence-corrected chi connectivity index (χ0v) is 8.55. The second-order valence-electron chi connectivity index (χ2n) is 3.54. The molecule has 0 spiro atoms. The van der Waals surface area contributed by atoms with Crippen molar-refractivity contribution in [2.45, 2.75) is 13.0 Å². The van der Waals surface area contributed by atoms with Gasteiger partial charge in [0.05, 0.1) is 18.1 Å². The molecule has 0 fully saturated rings. The van der Waals surface area contributed by atoms with Crippen molar-refractivity contribution in [1.82, 2.24) is 4.57 Å². The van der Waals surface area contributed by atoms with Crippen LogP contribution in [0, 0.1) is 11.3 Å². The Morgan fingerprint density at radius 2 is 2.25 bits per heavy atom. The number of benzene rings is 1. The first kappa shape index (κ1) is 10.2. The fraction of sp³-hybridized carbons (Fsp3) is 0.167. The largest absolute Gasteiger partial charge is 0.481 e. The molecule has 0 aliphatic heterocycles. The third-order valence-electron chi connectivity index (χ3n) is 2.47. The van der Waals surface area contributed by atoms with Crippen molar-refractivity contribution in [1.29, 1.82) is 5.26 Å². The number of hydrogen-bond acceptors (Lipinski definition) is 2. The molecular weight excluding hydrogens is 204 g/mol. The molecule has 0 amide bonds. The smallest absolute Gasteiger partial charge is 0.305 e. The molecule has 0 aliphatic carbocycles. The van der Waals surface area contributed by atoms with Crippen LogP contribution in [0.1, 0.15) is 12.0 Å². The third-order valence-corrected chi connectivity index (χ3v) is 2.47. The van der Waals surface area contributed by atoms with Crippen LogP contribution in [0.3, 0.4) is 0 Å². The number of aryl methyl sites for hydroxylation is 1. The summed E-state index contributed by atoms with van der Waals surface area (Å²) in [6.45, 7) is 0.449. The van der Waals surface area contributed by atoms with E-state index in [1.165, 1.54) is 0 Å². The number of aromatic nitrogens is 1. The minimum atomic E-state index is -0.810. The number of carbonyl (C=O) groups is 1. The number of hydrogen-bond donors (Lipinski definition) is 1. The number of rotatable bonds is 3. The van der Waals surface area contributed by atoms with Crippen LogP contribution >= 0.6 is 0 Å². The molecule has 0 unspecified atom stereocenters. The van der Waals surface area contributed by atoms with Crippen LogP contribution in [0.4, 0.5) is 0 Å². The highest BCUT2D eigenvalue weighted by molar-refractivity contribution is 5.81. The van der Waals surface area contributed by atoms with Gasteiger partial charge >= 0.3 is 5.97 Å². The van der Waals surface area contributed by atoms with Gasteiger partial charge < -0.3 is 9.67 Å². The van der Waals surface area contributed by atoms with Crippen LogP contribution in [-0.2, 0) is 11.3 Å². The van der Waals surface area contributed by atoms with Crippen LogP contribution in [0.2, 0.25) is 0 Å². The predicted molar refractivity (Wildman–Crippen MR) is 58.9 cm³/mol. The maximum absolute atomic E-state index is 10.5. The van der Waals surface area contributed by atoms with Crippen LogP contribution in [0.15, 0.2) is 30.5 Å². The molecule has 4 nitrogen and oxygen atoms in total. The standard InChI is InChI=1S/C12H10N2O2/c13-8-9-1-2-11-10(7-9)3-5-14(11)6-4-12(15)16/h1-3,5,7H,4,6H2,(H,15,16). The molecule has 16 heavy (non-hydrogen) atoms. The number of aliphatic carboxylic acids is 1. The van der Waals surface area contributed by atoms with Gasteiger partial charge in [-0.2, -0.15) is 5.26 Å². The van der Waals surface area contributed by atoms with E-state index in [1.54, 1.807) is 12.1 Å². The highest BCUT2D eigenvalue weighted by atomic mass is 16.4. The van der Waals surface area contributed by atoms with E-state index in [1.807, 2.05) is 22.9 Å². The van der Waals surface area contributed by atoms with Gasteiger partial charge in [0.25, 0.3) is 0 Å². The molecule has 0 saturated carbocycles. The summed E-state index contributed by atoms with van der Waals surface area (Å²) in [6.07, 6.45) is 1.94. The molecule has 0 bridgehead atoms. The minimum absolute atomic E-state index is 0.101. The van der Waals surface area contributed by atoms with E-state index in [0.29, 0.717) is 12.1 Å². The Morgan fingerprint density at radius 1 is 1.44 bits per heavy atom. The van der Waals surface area contributed by atoms with Crippen LogP contribution in [0.25, 0.3) is 10.9 Å². The lowest BCUT2D eigenvalue weighted by Gasteiger charge is -2.02. The zero-order valence-electron chi connectivity index (χ0n) is 8.55. The summed E-state index contributed by atoms with van der Waals surface area (Å²) in [5.74, 6) is -0.810. The number of carboxylic acids is 1. The molecule has 80 valence electrons. The van der Waals surface area contributed by atoms with Crippen molar-refractivity contribution < 1.29 is 9.90 Å². The van der Waals surface area contributed by atoms with E-state index < -0.39 is 5.97 Å². The summed E-state index contributed by atoms with van der Waals surface area (Å²) >= 11 is 0. The van der Waals surface area contributed by atoms with Crippen molar-refractivity contribution in [3.63, 3.8) is 0 Å². The first-order valence-corrected chi connectivity index (χ1v) is 4.91. The van der Waals surface area contributed by atoms with Crippen LogP contribution in [0.5, 0.6) is 0 Å². The van der Waals surface area contributed by atoms with Gasteiger partial charge in [0.2, 0.25) is 0 Å². The minimum Gasteiger partial charge on any atom is -0.481 e. The average molecular weight is 214 g/mol. The summed E-state index contributed by atoms with van der Waals surface area (Å²) in [7, 11) is 0. The van der Waals surface area contributed by atoms with Gasteiger partial charge in [-0.15, -0.1) is 0 Å². The Balaban J connectivity index is 2.35. The molecule has 0 saturated heterocycles. The normalized spacial score (nSPS) is 10.2. The fourth-order valence-electron chi connectivity index (χ4n) is 1.68. The van der Waals surface area contributed by atoms with Gasteiger partial charge in [-0.3, -0.25) is 4.79 Å². The number of nitriles is 1. The lowest BCUT2D eigenvalue weighted by atomic mass is 10.2. The van der Waals surface area contributed by atoms with Gasteiger partial charge in [-0.1, -0.05) is 0 Å². The molecule has 2 aromatic rings. The molecule has 0 aliphatic rings. The van der Waals surface area contributed by atoms with E-state index in [2.05, 4.69) is 6.07 Å². The number of nitrogens with zero attached hydrogens (tertiary/aromatic N) is 2. The Labute approximate surface area is 92.3 Å². The SMILES string of the molecule is N#Cc1ccc2c(ccn2CCC(=O)O)c1. The summed E-state index contributed by atoms with van der Waals surface area (Å²) in [4.78, 5) is 10.5. The number of carboxylic acid groups (broad SMARTS) is 1. The third kappa shape index (κ3) is 1.89. The van der Waals surface area contributed by atoms with Gasteiger partial charge in [0.1, 0.15) is 0 Å². The van der Waals surface area contributed by atoms with Gasteiger partial charge in [0.15, 0.2) is 0 Å². The van der Waals surface area contributed by atoms with E-state index >= 15 is 0 Å². The Bertz CT molecular complexity index is 578. The summed E-state index contributed by atoms with van der Waals surface area (Å²) in [5.41, 5.74) is 1.57. The van der Waals surface area contributed by atoms with E-state index in [0.717, 1.165) is 10.9 Å². The van der Waals surface area contributed by atoms with E-state index in [4.69, 9.17) is 10.4 Å². The first-order valence-electron chi connectivity index (χ1n) is 4.91. The molecule has 1 aromatic carbocycles. The maximum Gasteiger partial charge on any atom is 0.305 e. The Hall–Kier alpha value is -2.28. The molecule has 1 heterocycles. The average Bonchev–Trinajstić information content (AvgIpc) is 2.68. The second kappa shape index (κ2) is 4.07. The quantitative estimate of drug-likeness (QED) is 0.849. The second-order valence-corrected chi connectivity index (χ2v) is 3.54. The topological polar surface area (TPSA) is 66.0 Å². The summed E-state index contributed by atoms with van der Waals surface area (Å²) in [6, 6.07) is 9.34. The monoisotopic (exact) mass is 214 g/mol. The highest BCUT2D eigenvalue weighted by Gasteiger charge is 2.03. The Kier molecular flexibility index (Phi) is 2.61. The number of fused-ring (bicyclic) bond motifs is 1. The lowest BCUT2D eigenvalue weighted by molar-refractivity contribution is -0.137. The summed E-state index contributed by atoms with van der Waals surface area (Å²) in [5, 5.41) is 18.3. The van der Waals surface area contributed by atoms with Crippen molar-refractivity contribution >= 4 is 16.9 Å². The highest BCUT2D eigenvalue weighted by Crippen LogP contribution is 2.17. The molecule has 0 atom stereocenters. The molecule has 0 radical (unpaired) electrons. The van der Waals surface area contributed by atoms with Crippen LogP contribution in [-0.4, -0.2) is 15.6 Å². The van der Waals surface area contributed by atoms with Crippen LogP contribution < -0.4 is 0 Å². The van der Waals surface area contributed by atoms with Crippen molar-refractivity contribution in [2.75, 3.05) is 0 Å². The predicted octanol–water partition coefficient (Wildman–Crippen LogP) is 1.99. The van der Waals surface area contributed by atoms with E-state index in [9.17, 15) is 4.79 Å². The van der Waals surface area contributed by atoms with Gasteiger partial charge in [-0.25, -0.2) is 0 Å². The maximum atomic E-state index is 10.5. The molecule has 1 N–H and O–H groups in total. The molecule has 2 rings (SSSR count). The van der Waals surface area contributed by atoms with Crippen molar-refractivity contribution in [3.8, 4) is 6.07 Å². The first-order chi connectivity index (χ1) is 7.70. The van der Waals surface area contributed by atoms with Gasteiger partial charge in [0, 0.05) is 23.6 Å². The van der Waals surface area contributed by atoms with Crippen molar-refractivity contribution in [3.05, 3.63) is 36.0 Å². The molecule has 4 heteroatoms. The van der Waals surface area contributed by atoms with Crippen molar-refractivity contribution in [2.24, 2.45) is 0 Å². The summed E-state index contributed by atoms with van der Waals surface area (Å²) < 4.78 is 1.88. The van der Waals surface area contributed by atoms with Gasteiger partial charge in [-0.05, 0) is 24.3 Å². The Morgan fingerprint density at radius 3 is 2.94 bits per heavy atom. The van der Waals surface area contributed by atoms with E-state index in [-0.39, 0.29) is 6.42 Å². The molecular formula is C12H10N2O2. The zero-order chi connectivity index (χ0) is 11.5.